The zero-order chi connectivity index (χ0) is 15.9. The Balaban J connectivity index is 1.90. The molecule has 1 heterocycles. The van der Waals surface area contributed by atoms with Crippen molar-refractivity contribution in [1.29, 1.82) is 0 Å². The minimum Gasteiger partial charge on any atom is -0.490 e. The van der Waals surface area contributed by atoms with E-state index in [-0.39, 0.29) is 0 Å². The van der Waals surface area contributed by atoms with Gasteiger partial charge >= 0.3 is 6.09 Å². The van der Waals surface area contributed by atoms with Gasteiger partial charge in [-0.05, 0) is 42.9 Å². The van der Waals surface area contributed by atoms with Gasteiger partial charge in [-0.1, -0.05) is 17.7 Å². The summed E-state index contributed by atoms with van der Waals surface area (Å²) in [6.07, 6.45) is 1.90. The van der Waals surface area contributed by atoms with E-state index in [4.69, 9.17) is 26.2 Å². The third kappa shape index (κ3) is 4.78. The standard InChI is InChI=1S/C16H22ClNO4/c1-21-8-9-22-15-11-13(2-3-14(15)17)10-12-4-6-18(7-5-12)16(19)20/h2-3,11-12H,4-10H2,1H3,(H,19,20). The van der Waals surface area contributed by atoms with E-state index in [0.29, 0.717) is 43.0 Å². The van der Waals surface area contributed by atoms with Crippen molar-refractivity contribution in [2.45, 2.75) is 19.3 Å². The van der Waals surface area contributed by atoms with Crippen LogP contribution in [0.2, 0.25) is 5.02 Å². The second-order valence-corrected chi connectivity index (χ2v) is 5.93. The molecule has 1 N–H and O–H groups in total. The number of ether oxygens (including phenoxy) is 2. The van der Waals surface area contributed by atoms with Gasteiger partial charge in [0.15, 0.2) is 0 Å². The normalized spacial score (nSPS) is 15.8. The monoisotopic (exact) mass is 327 g/mol. The number of hydrogen-bond donors (Lipinski definition) is 1. The first-order valence-corrected chi connectivity index (χ1v) is 7.86. The summed E-state index contributed by atoms with van der Waals surface area (Å²) in [5, 5.41) is 9.57. The molecule has 0 spiro atoms. The molecular weight excluding hydrogens is 306 g/mol. The lowest BCUT2D eigenvalue weighted by atomic mass is 9.90. The molecule has 1 fully saturated rings. The van der Waals surface area contributed by atoms with Crippen molar-refractivity contribution in [2.75, 3.05) is 33.4 Å². The van der Waals surface area contributed by atoms with Crippen LogP contribution in [0.5, 0.6) is 5.75 Å². The van der Waals surface area contributed by atoms with Gasteiger partial charge in [0.05, 0.1) is 11.6 Å². The smallest absolute Gasteiger partial charge is 0.407 e. The summed E-state index contributed by atoms with van der Waals surface area (Å²) in [6, 6.07) is 5.84. The molecule has 5 nitrogen and oxygen atoms in total. The van der Waals surface area contributed by atoms with Crippen LogP contribution in [-0.2, 0) is 11.2 Å². The first-order valence-electron chi connectivity index (χ1n) is 7.48. The highest BCUT2D eigenvalue weighted by molar-refractivity contribution is 6.32. The largest absolute Gasteiger partial charge is 0.490 e. The van der Waals surface area contributed by atoms with Crippen molar-refractivity contribution in [3.63, 3.8) is 0 Å². The number of likely N-dealkylation sites (tertiary alicyclic amines) is 1. The Morgan fingerprint density at radius 1 is 1.36 bits per heavy atom. The number of methoxy groups -OCH3 is 1. The Kier molecular flexibility index (Phi) is 6.34. The van der Waals surface area contributed by atoms with Gasteiger partial charge < -0.3 is 19.5 Å². The summed E-state index contributed by atoms with van der Waals surface area (Å²) < 4.78 is 10.6. The highest BCUT2D eigenvalue weighted by atomic mass is 35.5. The molecule has 2 rings (SSSR count). The fourth-order valence-electron chi connectivity index (χ4n) is 2.68. The molecule has 1 aliphatic rings. The molecule has 0 bridgehead atoms. The van der Waals surface area contributed by atoms with E-state index < -0.39 is 6.09 Å². The summed E-state index contributed by atoms with van der Waals surface area (Å²) in [4.78, 5) is 12.4. The molecule has 0 aromatic heterocycles. The third-order valence-electron chi connectivity index (χ3n) is 3.95. The maximum atomic E-state index is 10.9. The Morgan fingerprint density at radius 3 is 2.73 bits per heavy atom. The second-order valence-electron chi connectivity index (χ2n) is 5.52. The van der Waals surface area contributed by atoms with Gasteiger partial charge in [0.2, 0.25) is 0 Å². The molecular formula is C16H22ClNO4. The molecule has 1 aromatic rings. The number of hydrogen-bond acceptors (Lipinski definition) is 3. The zero-order valence-corrected chi connectivity index (χ0v) is 13.5. The predicted octanol–water partition coefficient (Wildman–Crippen LogP) is 3.30. The maximum Gasteiger partial charge on any atom is 0.407 e. The number of amides is 1. The van der Waals surface area contributed by atoms with Gasteiger partial charge in [0.25, 0.3) is 0 Å². The molecule has 0 atom stereocenters. The van der Waals surface area contributed by atoms with E-state index in [1.165, 1.54) is 10.5 Å². The van der Waals surface area contributed by atoms with Crippen LogP contribution >= 0.6 is 11.6 Å². The maximum absolute atomic E-state index is 10.9. The molecule has 22 heavy (non-hydrogen) atoms. The summed E-state index contributed by atoms with van der Waals surface area (Å²) in [5.41, 5.74) is 1.17. The van der Waals surface area contributed by atoms with Crippen LogP contribution in [0.25, 0.3) is 0 Å². The van der Waals surface area contributed by atoms with Gasteiger partial charge in [-0.25, -0.2) is 4.79 Å². The van der Waals surface area contributed by atoms with Crippen molar-refractivity contribution in [3.8, 4) is 5.75 Å². The SMILES string of the molecule is COCCOc1cc(CC2CCN(C(=O)O)CC2)ccc1Cl. The van der Waals surface area contributed by atoms with Crippen LogP contribution in [0.4, 0.5) is 4.79 Å². The van der Waals surface area contributed by atoms with Gasteiger partial charge in [-0.2, -0.15) is 0 Å². The predicted molar refractivity (Wildman–Crippen MR) is 84.8 cm³/mol. The molecule has 6 heteroatoms. The molecule has 1 aliphatic heterocycles. The molecule has 0 aliphatic carbocycles. The molecule has 0 saturated carbocycles. The topological polar surface area (TPSA) is 59.0 Å². The summed E-state index contributed by atoms with van der Waals surface area (Å²) in [5.74, 6) is 1.18. The molecule has 0 radical (unpaired) electrons. The minimum absolute atomic E-state index is 0.469. The van der Waals surface area contributed by atoms with Crippen LogP contribution in [-0.4, -0.2) is 49.5 Å². The quantitative estimate of drug-likeness (QED) is 0.814. The van der Waals surface area contributed by atoms with Crippen molar-refractivity contribution in [1.82, 2.24) is 4.90 Å². The fraction of sp³-hybridized carbons (Fsp3) is 0.562. The number of rotatable bonds is 6. The first kappa shape index (κ1) is 16.9. The van der Waals surface area contributed by atoms with Crippen LogP contribution in [0.3, 0.4) is 0 Å². The van der Waals surface area contributed by atoms with Crippen LogP contribution in [0.15, 0.2) is 18.2 Å². The summed E-state index contributed by atoms with van der Waals surface area (Å²) in [7, 11) is 1.63. The van der Waals surface area contributed by atoms with E-state index >= 15 is 0 Å². The molecule has 1 aromatic carbocycles. The number of carboxylic acid groups (broad SMARTS) is 1. The van der Waals surface area contributed by atoms with Crippen molar-refractivity contribution in [3.05, 3.63) is 28.8 Å². The number of carbonyl (C=O) groups is 1. The highest BCUT2D eigenvalue weighted by Crippen LogP contribution is 2.28. The highest BCUT2D eigenvalue weighted by Gasteiger charge is 2.22. The Hall–Kier alpha value is -1.46. The molecule has 0 unspecified atom stereocenters. The lowest BCUT2D eigenvalue weighted by molar-refractivity contribution is 0.124. The van der Waals surface area contributed by atoms with Crippen LogP contribution in [0, 0.1) is 5.92 Å². The molecule has 1 saturated heterocycles. The lowest BCUT2D eigenvalue weighted by Crippen LogP contribution is -2.37. The van der Waals surface area contributed by atoms with Gasteiger partial charge in [-0.15, -0.1) is 0 Å². The summed E-state index contributed by atoms with van der Waals surface area (Å²) >= 11 is 6.13. The van der Waals surface area contributed by atoms with Gasteiger partial charge in [-0.3, -0.25) is 0 Å². The number of piperidine rings is 1. The second kappa shape index (κ2) is 8.25. The molecule has 122 valence electrons. The summed E-state index contributed by atoms with van der Waals surface area (Å²) in [6.45, 7) is 2.22. The average Bonchev–Trinajstić information content (AvgIpc) is 2.51. The lowest BCUT2D eigenvalue weighted by Gasteiger charge is -2.30. The van der Waals surface area contributed by atoms with E-state index in [0.717, 1.165) is 19.3 Å². The first-order chi connectivity index (χ1) is 10.6. The van der Waals surface area contributed by atoms with Gasteiger partial charge in [0.1, 0.15) is 12.4 Å². The minimum atomic E-state index is -0.821. The Labute approximate surface area is 135 Å². The van der Waals surface area contributed by atoms with Crippen molar-refractivity contribution >= 4 is 17.7 Å². The number of nitrogens with zero attached hydrogens (tertiary/aromatic N) is 1. The van der Waals surface area contributed by atoms with Crippen LogP contribution < -0.4 is 4.74 Å². The Morgan fingerprint density at radius 2 is 2.09 bits per heavy atom. The Bertz CT molecular complexity index is 501. The van der Waals surface area contributed by atoms with Crippen LogP contribution in [0.1, 0.15) is 18.4 Å². The van der Waals surface area contributed by atoms with E-state index in [1.807, 2.05) is 18.2 Å². The molecule has 1 amide bonds. The third-order valence-corrected chi connectivity index (χ3v) is 4.26. The number of halogens is 1. The fourth-order valence-corrected chi connectivity index (χ4v) is 2.85. The average molecular weight is 328 g/mol. The zero-order valence-electron chi connectivity index (χ0n) is 12.8. The van der Waals surface area contributed by atoms with Gasteiger partial charge in [0, 0.05) is 20.2 Å². The van der Waals surface area contributed by atoms with E-state index in [1.54, 1.807) is 7.11 Å². The van der Waals surface area contributed by atoms with Crippen molar-refractivity contribution in [2.24, 2.45) is 5.92 Å². The van der Waals surface area contributed by atoms with Crippen molar-refractivity contribution < 1.29 is 19.4 Å². The van der Waals surface area contributed by atoms with E-state index in [2.05, 4.69) is 0 Å². The number of benzene rings is 1. The van der Waals surface area contributed by atoms with E-state index in [9.17, 15) is 4.79 Å².